The van der Waals surface area contributed by atoms with Gasteiger partial charge in [-0.2, -0.15) is 5.10 Å². The van der Waals surface area contributed by atoms with Gasteiger partial charge in [0, 0.05) is 37.8 Å². The molecule has 1 saturated heterocycles. The van der Waals surface area contributed by atoms with Crippen molar-refractivity contribution in [2.45, 2.75) is 59.0 Å². The first kappa shape index (κ1) is 23.6. The second kappa shape index (κ2) is 10.5. The lowest BCUT2D eigenvalue weighted by Crippen LogP contribution is -2.47. The van der Waals surface area contributed by atoms with Crippen LogP contribution in [-0.4, -0.2) is 69.6 Å². The van der Waals surface area contributed by atoms with E-state index in [1.807, 2.05) is 30.0 Å². The maximum atomic E-state index is 13.0. The Kier molecular flexibility index (Phi) is 8.00. The number of hydrogen-bond acceptors (Lipinski definition) is 4. The fourth-order valence-electron chi connectivity index (χ4n) is 4.15. The number of para-hydroxylation sites is 1. The van der Waals surface area contributed by atoms with Gasteiger partial charge in [-0.15, -0.1) is 11.6 Å². The number of aromatic nitrogens is 2. The summed E-state index contributed by atoms with van der Waals surface area (Å²) in [5, 5.41) is 4.38. The molecule has 6 nitrogen and oxygen atoms in total. The lowest BCUT2D eigenvalue weighted by Gasteiger charge is -2.37. The average Bonchev–Trinajstić information content (AvgIpc) is 3.12. The van der Waals surface area contributed by atoms with Gasteiger partial charge >= 0.3 is 0 Å². The Hall–Kier alpha value is -2.05. The minimum atomic E-state index is -0.546. The van der Waals surface area contributed by atoms with Crippen LogP contribution in [0, 0.1) is 6.92 Å². The number of carbonyl (C=O) groups is 1. The molecule has 0 spiro atoms. The van der Waals surface area contributed by atoms with E-state index >= 15 is 0 Å². The van der Waals surface area contributed by atoms with Crippen LogP contribution < -0.4 is 4.90 Å². The molecule has 1 fully saturated rings. The van der Waals surface area contributed by atoms with E-state index in [2.05, 4.69) is 47.4 Å². The number of alkyl halides is 1. The molecular formula is C24H36ClN5O. The highest BCUT2D eigenvalue weighted by Gasteiger charge is 2.30. The summed E-state index contributed by atoms with van der Waals surface area (Å²) in [6, 6.07) is 10.4. The minimum Gasteiger partial charge on any atom is -0.354 e. The third kappa shape index (κ3) is 5.24. The van der Waals surface area contributed by atoms with Gasteiger partial charge in [-0.1, -0.05) is 32.0 Å². The molecule has 2 heterocycles. The van der Waals surface area contributed by atoms with Crippen molar-refractivity contribution in [1.29, 1.82) is 0 Å². The summed E-state index contributed by atoms with van der Waals surface area (Å²) in [6.07, 6.45) is 0.881. The van der Waals surface area contributed by atoms with E-state index < -0.39 is 5.38 Å². The molecule has 3 rings (SSSR count). The zero-order chi connectivity index (χ0) is 22.5. The van der Waals surface area contributed by atoms with Crippen LogP contribution in [0.25, 0.3) is 5.69 Å². The third-order valence-corrected chi connectivity index (χ3v) is 6.54. The highest BCUT2D eigenvalue weighted by Crippen LogP contribution is 2.30. The summed E-state index contributed by atoms with van der Waals surface area (Å²) in [6.45, 7) is 15.8. The number of anilines is 1. The molecule has 0 unspecified atom stereocenters. The molecule has 1 aromatic carbocycles. The van der Waals surface area contributed by atoms with E-state index in [4.69, 9.17) is 16.7 Å². The van der Waals surface area contributed by atoms with E-state index in [1.54, 1.807) is 6.92 Å². The molecule has 170 valence electrons. The molecular weight excluding hydrogens is 410 g/mol. The molecule has 0 radical (unpaired) electrons. The first-order chi connectivity index (χ1) is 14.9. The molecule has 1 amide bonds. The summed E-state index contributed by atoms with van der Waals surface area (Å²) >= 11 is 6.22. The molecule has 0 N–H and O–H groups in total. The molecule has 0 saturated carbocycles. The van der Waals surface area contributed by atoms with Gasteiger partial charge in [0.05, 0.1) is 17.9 Å². The fourth-order valence-corrected chi connectivity index (χ4v) is 4.28. The second-order valence-electron chi connectivity index (χ2n) is 8.40. The number of likely N-dealkylation sites (N-methyl/N-ethyl adjacent to an activating group) is 1. The average molecular weight is 446 g/mol. The summed E-state index contributed by atoms with van der Waals surface area (Å²) < 4.78 is 2.05. The van der Waals surface area contributed by atoms with Crippen molar-refractivity contribution in [3.05, 3.63) is 41.6 Å². The Labute approximate surface area is 191 Å². The quantitative estimate of drug-likeness (QED) is 0.574. The van der Waals surface area contributed by atoms with Crippen LogP contribution in [0.3, 0.4) is 0 Å². The maximum absolute atomic E-state index is 13.0. The highest BCUT2D eigenvalue weighted by molar-refractivity contribution is 6.30. The Bertz CT molecular complexity index is 858. The summed E-state index contributed by atoms with van der Waals surface area (Å²) in [5.41, 5.74) is 3.11. The number of benzene rings is 1. The van der Waals surface area contributed by atoms with Gasteiger partial charge in [-0.25, -0.2) is 4.68 Å². The van der Waals surface area contributed by atoms with Crippen LogP contribution in [0.15, 0.2) is 30.3 Å². The molecule has 0 aliphatic carbocycles. The standard InChI is InChI=1S/C24H36ClN5O/c1-6-18(3)29(24(31)19(4)25)17-22-20(5)26-30(21-11-9-8-10-12-21)23(22)28-15-13-27(7-2)14-16-28/h8-12,18-19H,6-7,13-17H2,1-5H3/t18-,19-/m0/s1. The Balaban J connectivity index is 2.04. The normalized spacial score (nSPS) is 16.9. The Morgan fingerprint density at radius 2 is 1.77 bits per heavy atom. The summed E-state index contributed by atoms with van der Waals surface area (Å²) in [5.74, 6) is 1.08. The van der Waals surface area contributed by atoms with E-state index in [9.17, 15) is 4.79 Å². The lowest BCUT2D eigenvalue weighted by molar-refractivity contribution is -0.133. The Morgan fingerprint density at radius 3 is 2.32 bits per heavy atom. The zero-order valence-corrected chi connectivity index (χ0v) is 20.3. The number of piperazine rings is 1. The van der Waals surface area contributed by atoms with Crippen LogP contribution in [0.4, 0.5) is 5.82 Å². The number of amides is 1. The van der Waals surface area contributed by atoms with Crippen LogP contribution in [0.1, 0.15) is 45.4 Å². The second-order valence-corrected chi connectivity index (χ2v) is 9.05. The number of rotatable bonds is 8. The van der Waals surface area contributed by atoms with Crippen LogP contribution in [-0.2, 0) is 11.3 Å². The van der Waals surface area contributed by atoms with Gasteiger partial charge in [-0.05, 0) is 45.9 Å². The zero-order valence-electron chi connectivity index (χ0n) is 19.5. The maximum Gasteiger partial charge on any atom is 0.240 e. The van der Waals surface area contributed by atoms with Gasteiger partial charge in [0.15, 0.2) is 0 Å². The largest absolute Gasteiger partial charge is 0.354 e. The number of carbonyl (C=O) groups excluding carboxylic acids is 1. The number of aryl methyl sites for hydroxylation is 1. The van der Waals surface area contributed by atoms with Gasteiger partial charge in [0.25, 0.3) is 0 Å². The van der Waals surface area contributed by atoms with Crippen LogP contribution >= 0.6 is 11.6 Å². The molecule has 1 aliphatic heterocycles. The van der Waals surface area contributed by atoms with Gasteiger partial charge in [0.2, 0.25) is 5.91 Å². The van der Waals surface area contributed by atoms with Crippen molar-refractivity contribution in [2.24, 2.45) is 0 Å². The predicted octanol–water partition coefficient (Wildman–Crippen LogP) is 4.08. The summed E-state index contributed by atoms with van der Waals surface area (Å²) in [4.78, 5) is 19.8. The van der Waals surface area contributed by atoms with E-state index in [0.717, 1.165) is 61.9 Å². The SMILES string of the molecule is CC[C@H](C)N(Cc1c(C)nn(-c2ccccc2)c1N1CCN(CC)CC1)C(=O)[C@H](C)Cl. The molecule has 1 aliphatic rings. The van der Waals surface area contributed by atoms with Crippen molar-refractivity contribution >= 4 is 23.3 Å². The molecule has 7 heteroatoms. The Morgan fingerprint density at radius 1 is 1.13 bits per heavy atom. The van der Waals surface area contributed by atoms with Crippen molar-refractivity contribution in [3.63, 3.8) is 0 Å². The molecule has 31 heavy (non-hydrogen) atoms. The number of halogens is 1. The van der Waals surface area contributed by atoms with Crippen molar-refractivity contribution in [2.75, 3.05) is 37.6 Å². The first-order valence-corrected chi connectivity index (χ1v) is 11.9. The molecule has 2 aromatic rings. The topological polar surface area (TPSA) is 44.6 Å². The van der Waals surface area contributed by atoms with Crippen molar-refractivity contribution in [3.8, 4) is 5.69 Å². The predicted molar refractivity (Wildman–Crippen MR) is 128 cm³/mol. The van der Waals surface area contributed by atoms with Gasteiger partial charge in [0.1, 0.15) is 11.2 Å². The third-order valence-electron chi connectivity index (χ3n) is 6.35. The van der Waals surface area contributed by atoms with E-state index in [1.165, 1.54) is 0 Å². The lowest BCUT2D eigenvalue weighted by atomic mass is 10.1. The number of nitrogens with zero attached hydrogens (tertiary/aromatic N) is 5. The van der Waals surface area contributed by atoms with E-state index in [0.29, 0.717) is 6.54 Å². The molecule has 2 atom stereocenters. The smallest absolute Gasteiger partial charge is 0.240 e. The first-order valence-electron chi connectivity index (χ1n) is 11.4. The highest BCUT2D eigenvalue weighted by atomic mass is 35.5. The van der Waals surface area contributed by atoms with Gasteiger partial charge < -0.3 is 14.7 Å². The minimum absolute atomic E-state index is 0.0235. The number of hydrogen-bond donors (Lipinski definition) is 0. The van der Waals surface area contributed by atoms with Crippen LogP contribution in [0.5, 0.6) is 0 Å². The van der Waals surface area contributed by atoms with Crippen molar-refractivity contribution < 1.29 is 4.79 Å². The van der Waals surface area contributed by atoms with Crippen LogP contribution in [0.2, 0.25) is 0 Å². The summed E-state index contributed by atoms with van der Waals surface area (Å²) in [7, 11) is 0. The molecule has 0 bridgehead atoms. The monoisotopic (exact) mass is 445 g/mol. The van der Waals surface area contributed by atoms with Gasteiger partial charge in [-0.3, -0.25) is 4.79 Å². The van der Waals surface area contributed by atoms with E-state index in [-0.39, 0.29) is 11.9 Å². The van der Waals surface area contributed by atoms with Crippen molar-refractivity contribution in [1.82, 2.24) is 19.6 Å². The fraction of sp³-hybridized carbons (Fsp3) is 0.583. The molecule has 1 aromatic heterocycles.